The van der Waals surface area contributed by atoms with Crippen LogP contribution in [0.1, 0.15) is 16.1 Å². The van der Waals surface area contributed by atoms with E-state index in [1.165, 1.54) is 25.6 Å². The van der Waals surface area contributed by atoms with Crippen molar-refractivity contribution in [3.63, 3.8) is 0 Å². The predicted molar refractivity (Wildman–Crippen MR) is 68.8 cm³/mol. The van der Waals surface area contributed by atoms with Crippen LogP contribution in [0.2, 0.25) is 0 Å². The summed E-state index contributed by atoms with van der Waals surface area (Å²) in [4.78, 5) is 23.0. The van der Waals surface area contributed by atoms with Crippen molar-refractivity contribution in [2.45, 2.75) is 6.18 Å². The van der Waals surface area contributed by atoms with Gasteiger partial charge in [0.05, 0.1) is 17.4 Å². The predicted octanol–water partition coefficient (Wildman–Crippen LogP) is 2.18. The molecule has 2 N–H and O–H groups in total. The number of hydrogen-bond donors (Lipinski definition) is 2. The maximum Gasteiger partial charge on any atom is 0.417 e. The third-order valence-electron chi connectivity index (χ3n) is 2.50. The van der Waals surface area contributed by atoms with Crippen molar-refractivity contribution in [1.82, 2.24) is 15.0 Å². The van der Waals surface area contributed by atoms with Crippen LogP contribution in [0.25, 0.3) is 0 Å². The fraction of sp³-hybridized carbons (Fsp3) is 0.167. The quantitative estimate of drug-likeness (QED) is 0.907. The molecular formula is C12H10F3N5O. The molecule has 0 saturated carbocycles. The molecule has 21 heavy (non-hydrogen) atoms. The highest BCUT2D eigenvalue weighted by atomic mass is 19.4. The van der Waals surface area contributed by atoms with Crippen LogP contribution in [0.3, 0.4) is 0 Å². The van der Waals surface area contributed by atoms with Gasteiger partial charge in [0.15, 0.2) is 0 Å². The van der Waals surface area contributed by atoms with Crippen molar-refractivity contribution in [3.05, 3.63) is 42.1 Å². The van der Waals surface area contributed by atoms with Crippen molar-refractivity contribution in [2.75, 3.05) is 17.7 Å². The van der Waals surface area contributed by atoms with Gasteiger partial charge in [-0.1, -0.05) is 0 Å². The van der Waals surface area contributed by atoms with Gasteiger partial charge in [0.2, 0.25) is 0 Å². The molecule has 0 spiro atoms. The van der Waals surface area contributed by atoms with Crippen LogP contribution in [-0.4, -0.2) is 27.9 Å². The van der Waals surface area contributed by atoms with Gasteiger partial charge in [0.25, 0.3) is 5.91 Å². The van der Waals surface area contributed by atoms with E-state index < -0.39 is 17.6 Å². The third kappa shape index (κ3) is 3.44. The fourth-order valence-corrected chi connectivity index (χ4v) is 1.52. The minimum absolute atomic E-state index is 0.0167. The van der Waals surface area contributed by atoms with Crippen LogP contribution in [0.4, 0.5) is 24.7 Å². The second-order valence-corrected chi connectivity index (χ2v) is 3.91. The number of hydrogen-bond acceptors (Lipinski definition) is 5. The van der Waals surface area contributed by atoms with Gasteiger partial charge in [-0.3, -0.25) is 9.78 Å². The van der Waals surface area contributed by atoms with E-state index in [-0.39, 0.29) is 17.2 Å². The Labute approximate surface area is 117 Å². The summed E-state index contributed by atoms with van der Waals surface area (Å²) in [5.41, 5.74) is -1.07. The molecule has 0 aliphatic heterocycles. The third-order valence-corrected chi connectivity index (χ3v) is 2.50. The first kappa shape index (κ1) is 14.7. The molecule has 0 fully saturated rings. The number of aromatic nitrogens is 3. The Morgan fingerprint density at radius 2 is 1.95 bits per heavy atom. The van der Waals surface area contributed by atoms with E-state index in [1.54, 1.807) is 0 Å². The van der Waals surface area contributed by atoms with Crippen molar-refractivity contribution < 1.29 is 18.0 Å². The van der Waals surface area contributed by atoms with Crippen molar-refractivity contribution in [1.29, 1.82) is 0 Å². The smallest absolute Gasteiger partial charge is 0.371 e. The van der Waals surface area contributed by atoms with Gasteiger partial charge >= 0.3 is 6.18 Å². The summed E-state index contributed by atoms with van der Waals surface area (Å²) in [7, 11) is 1.48. The molecule has 0 atom stereocenters. The van der Waals surface area contributed by atoms with Crippen LogP contribution in [-0.2, 0) is 6.18 Å². The second-order valence-electron chi connectivity index (χ2n) is 3.91. The zero-order valence-corrected chi connectivity index (χ0v) is 10.8. The molecule has 2 aromatic heterocycles. The Morgan fingerprint density at radius 3 is 2.52 bits per heavy atom. The molecule has 9 heteroatoms. The van der Waals surface area contributed by atoms with Gasteiger partial charge < -0.3 is 10.6 Å². The topological polar surface area (TPSA) is 79.8 Å². The highest BCUT2D eigenvalue weighted by Crippen LogP contribution is 2.32. The molecule has 0 bridgehead atoms. The number of anilines is 2. The molecule has 6 nitrogen and oxygen atoms in total. The van der Waals surface area contributed by atoms with E-state index in [0.29, 0.717) is 6.20 Å². The first-order valence-electron chi connectivity index (χ1n) is 5.74. The van der Waals surface area contributed by atoms with E-state index in [2.05, 4.69) is 25.6 Å². The Kier molecular flexibility index (Phi) is 4.01. The number of nitrogens with zero attached hydrogens (tertiary/aromatic N) is 3. The second kappa shape index (κ2) is 5.73. The lowest BCUT2D eigenvalue weighted by Crippen LogP contribution is -2.16. The highest BCUT2D eigenvalue weighted by Gasteiger charge is 2.32. The summed E-state index contributed by atoms with van der Waals surface area (Å²) < 4.78 is 38.0. The van der Waals surface area contributed by atoms with Crippen molar-refractivity contribution in [2.24, 2.45) is 0 Å². The number of carbonyl (C=O) groups excluding carboxylic acids is 1. The number of alkyl halides is 3. The molecule has 2 heterocycles. The lowest BCUT2D eigenvalue weighted by molar-refractivity contribution is -0.137. The normalized spacial score (nSPS) is 11.0. The average Bonchev–Trinajstić information content (AvgIpc) is 2.47. The minimum atomic E-state index is -4.55. The first-order chi connectivity index (χ1) is 9.91. The summed E-state index contributed by atoms with van der Waals surface area (Å²) in [5, 5.41) is 4.93. The van der Waals surface area contributed by atoms with Gasteiger partial charge in [0.1, 0.15) is 11.5 Å². The number of amides is 1. The maximum atomic E-state index is 12.7. The van der Waals surface area contributed by atoms with Crippen LogP contribution < -0.4 is 10.6 Å². The minimum Gasteiger partial charge on any atom is -0.371 e. The number of rotatable bonds is 3. The van der Waals surface area contributed by atoms with E-state index in [9.17, 15) is 18.0 Å². The lowest BCUT2D eigenvalue weighted by Gasteiger charge is -2.13. The summed E-state index contributed by atoms with van der Waals surface area (Å²) in [6, 6.07) is 0.799. The Bertz CT molecular complexity index is 645. The summed E-state index contributed by atoms with van der Waals surface area (Å²) in [5.74, 6) is -0.569. The van der Waals surface area contributed by atoms with Gasteiger partial charge in [-0.25, -0.2) is 9.97 Å². The van der Waals surface area contributed by atoms with Gasteiger partial charge in [0, 0.05) is 25.6 Å². The molecule has 2 rings (SSSR count). The molecule has 0 radical (unpaired) electrons. The first-order valence-corrected chi connectivity index (χ1v) is 5.74. The van der Waals surface area contributed by atoms with Gasteiger partial charge in [-0.2, -0.15) is 13.2 Å². The van der Waals surface area contributed by atoms with Crippen LogP contribution in [0, 0.1) is 0 Å². The lowest BCUT2D eigenvalue weighted by atomic mass is 10.2. The molecule has 0 aliphatic rings. The van der Waals surface area contributed by atoms with E-state index in [1.807, 2.05) is 0 Å². The monoisotopic (exact) mass is 297 g/mol. The molecule has 0 aromatic carbocycles. The fourth-order valence-electron chi connectivity index (χ4n) is 1.52. The van der Waals surface area contributed by atoms with Crippen LogP contribution in [0.5, 0.6) is 0 Å². The molecule has 1 amide bonds. The Balaban J connectivity index is 2.32. The average molecular weight is 297 g/mol. The molecule has 2 aromatic rings. The molecule has 0 saturated heterocycles. The van der Waals surface area contributed by atoms with Crippen LogP contribution >= 0.6 is 0 Å². The summed E-state index contributed by atoms with van der Waals surface area (Å²) in [6.07, 6.45) is 0.0183. The number of carbonyl (C=O) groups is 1. The maximum absolute atomic E-state index is 12.7. The standard InChI is InChI=1S/C12H10F3N5O/c1-16-10-8(4-7(5-19-10)12(13,14)15)20-11(21)9-6-17-2-3-18-9/h2-6H,1H3,(H,16,19)(H,20,21). The molecular weight excluding hydrogens is 287 g/mol. The number of nitrogens with one attached hydrogen (secondary N) is 2. The molecule has 110 valence electrons. The van der Waals surface area contributed by atoms with Crippen LogP contribution in [0.15, 0.2) is 30.9 Å². The van der Waals surface area contributed by atoms with E-state index in [4.69, 9.17) is 0 Å². The highest BCUT2D eigenvalue weighted by molar-refractivity contribution is 6.04. The molecule has 0 aliphatic carbocycles. The number of pyridine rings is 1. The Hall–Kier alpha value is -2.71. The summed E-state index contributed by atoms with van der Waals surface area (Å²) in [6.45, 7) is 0. The van der Waals surface area contributed by atoms with Crippen molar-refractivity contribution >= 4 is 17.4 Å². The Morgan fingerprint density at radius 1 is 1.19 bits per heavy atom. The van der Waals surface area contributed by atoms with E-state index in [0.717, 1.165) is 6.07 Å². The van der Waals surface area contributed by atoms with Gasteiger partial charge in [-0.15, -0.1) is 0 Å². The summed E-state index contributed by atoms with van der Waals surface area (Å²) >= 11 is 0. The van der Waals surface area contributed by atoms with E-state index >= 15 is 0 Å². The molecule has 0 unspecified atom stereocenters. The number of halogens is 3. The largest absolute Gasteiger partial charge is 0.417 e. The zero-order valence-electron chi connectivity index (χ0n) is 10.8. The van der Waals surface area contributed by atoms with Crippen molar-refractivity contribution in [3.8, 4) is 0 Å². The zero-order chi connectivity index (χ0) is 15.5. The SMILES string of the molecule is CNc1ncc(C(F)(F)F)cc1NC(=O)c1cnccn1. The van der Waals surface area contributed by atoms with Gasteiger partial charge in [-0.05, 0) is 6.07 Å².